The molecule has 1 atom stereocenters. The van der Waals surface area contributed by atoms with Crippen LogP contribution in [0.4, 0.5) is 0 Å². The number of aryl methyl sites for hydroxylation is 1. The maximum atomic E-state index is 11.1. The van der Waals surface area contributed by atoms with E-state index in [1.165, 1.54) is 16.7 Å². The molecule has 1 saturated heterocycles. The lowest BCUT2D eigenvalue weighted by Gasteiger charge is -2.24. The molecule has 1 amide bonds. The SMILES string of the molecule is Cc1cccc(CNC[C@]2(N)NCC(=O)N2)c1C. The average Bonchev–Trinajstić information content (AvgIpc) is 2.65. The molecule has 1 aliphatic heterocycles. The second-order valence-electron chi connectivity index (χ2n) is 4.84. The molecule has 1 aliphatic rings. The number of hydrogen-bond acceptors (Lipinski definition) is 4. The van der Waals surface area contributed by atoms with Crippen molar-refractivity contribution in [3.63, 3.8) is 0 Å². The predicted molar refractivity (Wildman–Crippen MR) is 70.7 cm³/mol. The third-order valence-corrected chi connectivity index (χ3v) is 3.36. The van der Waals surface area contributed by atoms with E-state index < -0.39 is 5.79 Å². The van der Waals surface area contributed by atoms with E-state index in [0.717, 1.165) is 6.54 Å². The normalized spacial score (nSPS) is 23.2. The molecule has 1 heterocycles. The quantitative estimate of drug-likeness (QED) is 0.591. The maximum absolute atomic E-state index is 11.1. The molecular formula is C13H20N4O. The molecule has 1 fully saturated rings. The zero-order chi connectivity index (χ0) is 13.2. The van der Waals surface area contributed by atoms with Crippen molar-refractivity contribution in [2.45, 2.75) is 26.2 Å². The highest BCUT2D eigenvalue weighted by atomic mass is 16.2. The Bertz CT molecular complexity index is 460. The second kappa shape index (κ2) is 5.06. The lowest BCUT2D eigenvalue weighted by Crippen LogP contribution is -2.63. The van der Waals surface area contributed by atoms with Crippen LogP contribution < -0.4 is 21.7 Å². The van der Waals surface area contributed by atoms with Crippen LogP contribution in [0.1, 0.15) is 16.7 Å². The zero-order valence-corrected chi connectivity index (χ0v) is 10.8. The van der Waals surface area contributed by atoms with Gasteiger partial charge in [-0.25, -0.2) is 0 Å². The van der Waals surface area contributed by atoms with Crippen LogP contribution in [0.2, 0.25) is 0 Å². The third kappa shape index (κ3) is 2.87. The van der Waals surface area contributed by atoms with Crippen LogP contribution in [0.25, 0.3) is 0 Å². The molecule has 0 radical (unpaired) electrons. The number of nitrogens with two attached hydrogens (primary N) is 1. The summed E-state index contributed by atoms with van der Waals surface area (Å²) in [5.41, 5.74) is 9.80. The Morgan fingerprint density at radius 2 is 2.22 bits per heavy atom. The minimum atomic E-state index is -0.825. The van der Waals surface area contributed by atoms with Gasteiger partial charge in [0.2, 0.25) is 5.91 Å². The first-order valence-electron chi connectivity index (χ1n) is 6.11. The van der Waals surface area contributed by atoms with Gasteiger partial charge in [0, 0.05) is 13.1 Å². The van der Waals surface area contributed by atoms with E-state index >= 15 is 0 Å². The van der Waals surface area contributed by atoms with Gasteiger partial charge < -0.3 is 10.6 Å². The number of carbonyl (C=O) groups is 1. The number of benzene rings is 1. The van der Waals surface area contributed by atoms with Gasteiger partial charge in [0.15, 0.2) is 5.79 Å². The first-order valence-corrected chi connectivity index (χ1v) is 6.11. The molecule has 0 bridgehead atoms. The van der Waals surface area contributed by atoms with Crippen molar-refractivity contribution in [3.05, 3.63) is 34.9 Å². The van der Waals surface area contributed by atoms with Gasteiger partial charge in [-0.3, -0.25) is 15.8 Å². The van der Waals surface area contributed by atoms with E-state index in [9.17, 15) is 4.79 Å². The minimum Gasteiger partial charge on any atom is -0.324 e. The molecule has 1 aromatic rings. The van der Waals surface area contributed by atoms with Gasteiger partial charge in [-0.1, -0.05) is 18.2 Å². The minimum absolute atomic E-state index is 0.0639. The summed E-state index contributed by atoms with van der Waals surface area (Å²) in [6, 6.07) is 6.24. The number of hydrogen-bond donors (Lipinski definition) is 4. The average molecular weight is 248 g/mol. The van der Waals surface area contributed by atoms with E-state index in [1.54, 1.807) is 0 Å². The van der Waals surface area contributed by atoms with Gasteiger partial charge in [-0.05, 0) is 30.5 Å². The molecule has 0 aliphatic carbocycles. The molecule has 1 aromatic carbocycles. The van der Waals surface area contributed by atoms with Gasteiger partial charge in [0.05, 0.1) is 6.54 Å². The van der Waals surface area contributed by atoms with Crippen LogP contribution in [-0.2, 0) is 11.3 Å². The summed E-state index contributed by atoms with van der Waals surface area (Å²) in [6.07, 6.45) is 0. The van der Waals surface area contributed by atoms with Crippen molar-refractivity contribution < 1.29 is 4.79 Å². The highest BCUT2D eigenvalue weighted by Gasteiger charge is 2.32. The number of nitrogens with one attached hydrogen (secondary N) is 3. The molecule has 0 unspecified atom stereocenters. The monoisotopic (exact) mass is 248 g/mol. The van der Waals surface area contributed by atoms with Crippen molar-refractivity contribution in [2.75, 3.05) is 13.1 Å². The Morgan fingerprint density at radius 3 is 2.89 bits per heavy atom. The van der Waals surface area contributed by atoms with E-state index in [4.69, 9.17) is 5.73 Å². The molecule has 5 nitrogen and oxygen atoms in total. The number of carbonyl (C=O) groups excluding carboxylic acids is 1. The summed E-state index contributed by atoms with van der Waals surface area (Å²) >= 11 is 0. The van der Waals surface area contributed by atoms with Gasteiger partial charge in [0.25, 0.3) is 0 Å². The standard InChI is InChI=1S/C13H20N4O/c1-9-4-3-5-11(10(9)2)6-15-8-13(14)16-7-12(18)17-13/h3-5,15-16H,6-8,14H2,1-2H3,(H,17,18)/t13-/m0/s1. The van der Waals surface area contributed by atoms with Gasteiger partial charge in [0.1, 0.15) is 0 Å². The largest absolute Gasteiger partial charge is 0.324 e. The summed E-state index contributed by atoms with van der Waals surface area (Å²) in [5, 5.41) is 8.93. The summed E-state index contributed by atoms with van der Waals surface area (Å²) in [6.45, 7) is 5.72. The molecule has 5 heteroatoms. The van der Waals surface area contributed by atoms with Crippen molar-refractivity contribution in [1.29, 1.82) is 0 Å². The van der Waals surface area contributed by atoms with Crippen LogP contribution in [0.3, 0.4) is 0 Å². The van der Waals surface area contributed by atoms with Crippen LogP contribution in [-0.4, -0.2) is 24.8 Å². The molecule has 0 aromatic heterocycles. The molecular weight excluding hydrogens is 228 g/mol. The number of rotatable bonds is 4. The van der Waals surface area contributed by atoms with Gasteiger partial charge >= 0.3 is 0 Å². The van der Waals surface area contributed by atoms with E-state index in [0.29, 0.717) is 6.54 Å². The zero-order valence-electron chi connectivity index (χ0n) is 10.8. The summed E-state index contributed by atoms with van der Waals surface area (Å²) in [4.78, 5) is 11.1. The van der Waals surface area contributed by atoms with E-state index in [-0.39, 0.29) is 12.5 Å². The fraction of sp³-hybridized carbons (Fsp3) is 0.462. The fourth-order valence-corrected chi connectivity index (χ4v) is 2.08. The van der Waals surface area contributed by atoms with Crippen molar-refractivity contribution in [2.24, 2.45) is 5.73 Å². The summed E-state index contributed by atoms with van der Waals surface area (Å²) in [7, 11) is 0. The second-order valence-corrected chi connectivity index (χ2v) is 4.84. The smallest absolute Gasteiger partial charge is 0.236 e. The van der Waals surface area contributed by atoms with Crippen LogP contribution in [0.15, 0.2) is 18.2 Å². The molecule has 98 valence electrons. The Hall–Kier alpha value is -1.43. The Balaban J connectivity index is 1.89. The first kappa shape index (κ1) is 13.0. The first-order chi connectivity index (χ1) is 8.50. The number of amides is 1. The highest BCUT2D eigenvalue weighted by Crippen LogP contribution is 2.12. The molecule has 18 heavy (non-hydrogen) atoms. The van der Waals surface area contributed by atoms with Crippen molar-refractivity contribution >= 4 is 5.91 Å². The van der Waals surface area contributed by atoms with Crippen LogP contribution >= 0.6 is 0 Å². The van der Waals surface area contributed by atoms with E-state index in [1.807, 2.05) is 6.07 Å². The lowest BCUT2D eigenvalue weighted by atomic mass is 10.0. The highest BCUT2D eigenvalue weighted by molar-refractivity contribution is 5.81. The lowest BCUT2D eigenvalue weighted by molar-refractivity contribution is -0.118. The fourth-order valence-electron chi connectivity index (χ4n) is 2.08. The van der Waals surface area contributed by atoms with Crippen molar-refractivity contribution in [3.8, 4) is 0 Å². The van der Waals surface area contributed by atoms with Gasteiger partial charge in [-0.2, -0.15) is 0 Å². The molecule has 5 N–H and O–H groups in total. The topological polar surface area (TPSA) is 79.2 Å². The molecule has 2 rings (SSSR count). The maximum Gasteiger partial charge on any atom is 0.236 e. The van der Waals surface area contributed by atoms with Crippen LogP contribution in [0.5, 0.6) is 0 Å². The predicted octanol–water partition coefficient (Wildman–Crippen LogP) is -0.275. The molecule has 0 saturated carbocycles. The van der Waals surface area contributed by atoms with Crippen molar-refractivity contribution in [1.82, 2.24) is 16.0 Å². The Kier molecular flexibility index (Phi) is 3.65. The summed E-state index contributed by atoms with van der Waals surface area (Å²) in [5.74, 6) is -0.888. The Morgan fingerprint density at radius 1 is 1.44 bits per heavy atom. The third-order valence-electron chi connectivity index (χ3n) is 3.36. The van der Waals surface area contributed by atoms with Crippen LogP contribution in [0, 0.1) is 13.8 Å². The van der Waals surface area contributed by atoms with Gasteiger partial charge in [-0.15, -0.1) is 0 Å². The van der Waals surface area contributed by atoms with E-state index in [2.05, 4.69) is 41.9 Å². The summed E-state index contributed by atoms with van der Waals surface area (Å²) < 4.78 is 0. The molecule has 0 spiro atoms. The Labute approximate surface area is 107 Å².